The van der Waals surface area contributed by atoms with Crippen LogP contribution in [0.4, 0.5) is 0 Å². The second-order valence-corrected chi connectivity index (χ2v) is 7.67. The molecule has 1 unspecified atom stereocenters. The fourth-order valence-corrected chi connectivity index (χ4v) is 3.70. The lowest BCUT2D eigenvalue weighted by Gasteiger charge is -2.34. The Balaban J connectivity index is 1.47. The van der Waals surface area contributed by atoms with Crippen molar-refractivity contribution in [1.82, 2.24) is 24.9 Å². The van der Waals surface area contributed by atoms with Gasteiger partial charge in [0.1, 0.15) is 18.5 Å². The van der Waals surface area contributed by atoms with Gasteiger partial charge in [-0.3, -0.25) is 9.67 Å². The molecular formula is C23H36N6O2. The van der Waals surface area contributed by atoms with Gasteiger partial charge in [0.25, 0.3) is 0 Å². The number of hydrogen-bond donors (Lipinski definition) is 1. The number of rotatable bonds is 9. The number of benzene rings is 1. The highest BCUT2D eigenvalue weighted by Gasteiger charge is 2.25. The van der Waals surface area contributed by atoms with Crippen molar-refractivity contribution >= 4 is 5.96 Å². The lowest BCUT2D eigenvalue weighted by Crippen LogP contribution is -2.47. The number of aliphatic imine (C=N–C) groups is 1. The lowest BCUT2D eigenvalue weighted by molar-refractivity contribution is -0.00805. The Bertz CT molecular complexity index is 816. The van der Waals surface area contributed by atoms with E-state index in [1.807, 2.05) is 43.3 Å². The molecular weight excluding hydrogens is 392 g/mol. The first-order chi connectivity index (χ1) is 15.1. The molecule has 170 valence electrons. The van der Waals surface area contributed by atoms with Crippen molar-refractivity contribution in [2.24, 2.45) is 12.0 Å². The Labute approximate surface area is 185 Å². The number of morpholine rings is 1. The van der Waals surface area contributed by atoms with Crippen LogP contribution in [0.1, 0.15) is 31.1 Å². The SMILES string of the molecule is CCN(CC)CCOc1ccc(CNC(=NC)N2CCOC(c3cnn(C)c3)C2)cc1. The number of aromatic nitrogens is 2. The van der Waals surface area contributed by atoms with Crippen LogP contribution in [-0.4, -0.2) is 78.5 Å². The molecule has 0 saturated carbocycles. The molecule has 8 heteroatoms. The predicted molar refractivity (Wildman–Crippen MR) is 123 cm³/mol. The van der Waals surface area contributed by atoms with Crippen LogP contribution in [0.15, 0.2) is 41.7 Å². The van der Waals surface area contributed by atoms with Crippen molar-refractivity contribution in [3.8, 4) is 5.75 Å². The summed E-state index contributed by atoms with van der Waals surface area (Å²) in [6.45, 7) is 11.1. The first kappa shape index (κ1) is 23.1. The fraction of sp³-hybridized carbons (Fsp3) is 0.565. The zero-order valence-corrected chi connectivity index (χ0v) is 19.3. The lowest BCUT2D eigenvalue weighted by atomic mass is 10.1. The van der Waals surface area contributed by atoms with Crippen molar-refractivity contribution in [3.05, 3.63) is 47.8 Å². The van der Waals surface area contributed by atoms with Gasteiger partial charge in [0, 0.05) is 45.5 Å². The number of likely N-dealkylation sites (N-methyl/N-ethyl adjacent to an activating group) is 1. The second kappa shape index (κ2) is 11.7. The zero-order chi connectivity index (χ0) is 22.1. The largest absolute Gasteiger partial charge is 0.492 e. The summed E-state index contributed by atoms with van der Waals surface area (Å²) in [6, 6.07) is 8.28. The summed E-state index contributed by atoms with van der Waals surface area (Å²) in [4.78, 5) is 9.07. The van der Waals surface area contributed by atoms with Crippen LogP contribution in [0, 0.1) is 0 Å². The number of ether oxygens (including phenoxy) is 2. The molecule has 2 heterocycles. The summed E-state index contributed by atoms with van der Waals surface area (Å²) in [5.41, 5.74) is 2.29. The van der Waals surface area contributed by atoms with Gasteiger partial charge >= 0.3 is 0 Å². The van der Waals surface area contributed by atoms with E-state index in [0.29, 0.717) is 19.8 Å². The Morgan fingerprint density at radius 3 is 2.71 bits per heavy atom. The minimum Gasteiger partial charge on any atom is -0.492 e. The Morgan fingerprint density at radius 2 is 2.06 bits per heavy atom. The van der Waals surface area contributed by atoms with Gasteiger partial charge in [0.15, 0.2) is 5.96 Å². The number of hydrogen-bond acceptors (Lipinski definition) is 5. The van der Waals surface area contributed by atoms with Crippen molar-refractivity contribution in [2.45, 2.75) is 26.5 Å². The molecule has 1 atom stereocenters. The summed E-state index contributed by atoms with van der Waals surface area (Å²) in [5, 5.41) is 7.74. The molecule has 1 aliphatic rings. The quantitative estimate of drug-likeness (QED) is 0.488. The van der Waals surface area contributed by atoms with E-state index in [2.05, 4.69) is 51.2 Å². The fourth-order valence-electron chi connectivity index (χ4n) is 3.70. The Morgan fingerprint density at radius 1 is 1.29 bits per heavy atom. The normalized spacial score (nSPS) is 17.3. The molecule has 1 saturated heterocycles. The molecule has 0 radical (unpaired) electrons. The van der Waals surface area contributed by atoms with Gasteiger partial charge in [-0.25, -0.2) is 0 Å². The minimum atomic E-state index is 0.00812. The molecule has 1 fully saturated rings. The van der Waals surface area contributed by atoms with Gasteiger partial charge in [0.2, 0.25) is 0 Å². The van der Waals surface area contributed by atoms with Crippen LogP contribution in [-0.2, 0) is 18.3 Å². The summed E-state index contributed by atoms with van der Waals surface area (Å²) in [5.74, 6) is 1.80. The van der Waals surface area contributed by atoms with E-state index in [9.17, 15) is 0 Å². The van der Waals surface area contributed by atoms with Gasteiger partial charge in [-0.1, -0.05) is 26.0 Å². The van der Waals surface area contributed by atoms with Crippen molar-refractivity contribution in [2.75, 3.05) is 53.0 Å². The van der Waals surface area contributed by atoms with Crippen molar-refractivity contribution in [3.63, 3.8) is 0 Å². The first-order valence-electron chi connectivity index (χ1n) is 11.1. The van der Waals surface area contributed by atoms with Gasteiger partial charge in [-0.15, -0.1) is 0 Å². The topological polar surface area (TPSA) is 67.2 Å². The molecule has 1 aromatic heterocycles. The van der Waals surface area contributed by atoms with E-state index in [1.54, 1.807) is 0 Å². The number of nitrogens with one attached hydrogen (secondary N) is 1. The molecule has 1 N–H and O–H groups in total. The average Bonchev–Trinajstić information content (AvgIpc) is 3.25. The van der Waals surface area contributed by atoms with E-state index in [-0.39, 0.29) is 6.10 Å². The molecule has 0 amide bonds. The van der Waals surface area contributed by atoms with Gasteiger partial charge < -0.3 is 24.6 Å². The van der Waals surface area contributed by atoms with Crippen LogP contribution >= 0.6 is 0 Å². The molecule has 8 nitrogen and oxygen atoms in total. The number of guanidine groups is 1. The van der Waals surface area contributed by atoms with E-state index < -0.39 is 0 Å². The highest BCUT2D eigenvalue weighted by atomic mass is 16.5. The molecule has 0 spiro atoms. The standard InChI is InChI=1S/C23H36N6O2/c1-5-28(6-2)11-13-30-21-9-7-19(8-10-21)15-25-23(24-3)29-12-14-31-22(18-29)20-16-26-27(4)17-20/h7-10,16-17,22H,5-6,11-15,18H2,1-4H3,(H,24,25). The maximum Gasteiger partial charge on any atom is 0.194 e. The van der Waals surface area contributed by atoms with E-state index in [4.69, 9.17) is 9.47 Å². The van der Waals surface area contributed by atoms with E-state index in [1.165, 1.54) is 5.56 Å². The summed E-state index contributed by atoms with van der Waals surface area (Å²) < 4.78 is 13.6. The average molecular weight is 429 g/mol. The third-order valence-corrected chi connectivity index (χ3v) is 5.62. The van der Waals surface area contributed by atoms with Crippen LogP contribution in [0.3, 0.4) is 0 Å². The molecule has 0 bridgehead atoms. The molecule has 1 aliphatic heterocycles. The molecule has 3 rings (SSSR count). The smallest absolute Gasteiger partial charge is 0.194 e. The number of aryl methyl sites for hydroxylation is 1. The zero-order valence-electron chi connectivity index (χ0n) is 19.3. The molecule has 0 aliphatic carbocycles. The van der Waals surface area contributed by atoms with Crippen molar-refractivity contribution < 1.29 is 9.47 Å². The summed E-state index contributed by atoms with van der Waals surface area (Å²) >= 11 is 0. The van der Waals surface area contributed by atoms with Crippen LogP contribution in [0.25, 0.3) is 0 Å². The summed E-state index contributed by atoms with van der Waals surface area (Å²) in [6.07, 6.45) is 3.89. The third-order valence-electron chi connectivity index (χ3n) is 5.62. The predicted octanol–water partition coefficient (Wildman–Crippen LogP) is 2.29. The van der Waals surface area contributed by atoms with Crippen LogP contribution < -0.4 is 10.1 Å². The highest BCUT2D eigenvalue weighted by Crippen LogP contribution is 2.21. The number of nitrogens with zero attached hydrogens (tertiary/aromatic N) is 5. The maximum absolute atomic E-state index is 5.94. The van der Waals surface area contributed by atoms with Gasteiger partial charge in [0.05, 0.1) is 19.3 Å². The van der Waals surface area contributed by atoms with Gasteiger partial charge in [-0.05, 0) is 30.8 Å². The van der Waals surface area contributed by atoms with Crippen LogP contribution in [0.2, 0.25) is 0 Å². The monoisotopic (exact) mass is 428 g/mol. The minimum absolute atomic E-state index is 0.00812. The van der Waals surface area contributed by atoms with Crippen molar-refractivity contribution in [1.29, 1.82) is 0 Å². The molecule has 2 aromatic rings. The Hall–Kier alpha value is -2.58. The van der Waals surface area contributed by atoms with Gasteiger partial charge in [-0.2, -0.15) is 5.10 Å². The maximum atomic E-state index is 5.94. The third kappa shape index (κ3) is 6.70. The Kier molecular flexibility index (Phi) is 8.73. The van der Waals surface area contributed by atoms with E-state index >= 15 is 0 Å². The van der Waals surface area contributed by atoms with Crippen LogP contribution in [0.5, 0.6) is 5.75 Å². The molecule has 1 aromatic carbocycles. The van der Waals surface area contributed by atoms with E-state index in [0.717, 1.165) is 50.0 Å². The second-order valence-electron chi connectivity index (χ2n) is 7.67. The highest BCUT2D eigenvalue weighted by molar-refractivity contribution is 5.80. The first-order valence-corrected chi connectivity index (χ1v) is 11.1. The summed E-state index contributed by atoms with van der Waals surface area (Å²) in [7, 11) is 3.75. The molecule has 31 heavy (non-hydrogen) atoms.